The van der Waals surface area contributed by atoms with Crippen LogP contribution in [-0.4, -0.2) is 66.6 Å². The highest BCUT2D eigenvalue weighted by atomic mass is 16.7. The third-order valence-electron chi connectivity index (χ3n) is 7.88. The molecule has 1 fully saturated rings. The Labute approximate surface area is 214 Å². The summed E-state index contributed by atoms with van der Waals surface area (Å²) in [5.41, 5.74) is 6.76. The molecule has 0 saturated carbocycles. The van der Waals surface area contributed by atoms with Crippen molar-refractivity contribution >= 4 is 11.6 Å². The zero-order valence-electron chi connectivity index (χ0n) is 21.1. The van der Waals surface area contributed by atoms with Crippen LogP contribution in [0.15, 0.2) is 36.4 Å². The first-order valence-corrected chi connectivity index (χ1v) is 12.2. The van der Waals surface area contributed by atoms with E-state index in [0.29, 0.717) is 12.0 Å². The molecule has 1 heterocycles. The second kappa shape index (κ2) is 9.34. The van der Waals surface area contributed by atoms with Crippen molar-refractivity contribution in [1.82, 2.24) is 0 Å². The third kappa shape index (κ3) is 3.98. The summed E-state index contributed by atoms with van der Waals surface area (Å²) in [7, 11) is 3.16. The Kier molecular flexibility index (Phi) is 6.45. The summed E-state index contributed by atoms with van der Waals surface area (Å²) in [6, 6.07) is 6.35. The molecule has 4 N–H and O–H groups in total. The van der Waals surface area contributed by atoms with Crippen LogP contribution in [0.25, 0.3) is 0 Å². The Morgan fingerprint density at radius 3 is 2.22 bits per heavy atom. The Morgan fingerprint density at radius 2 is 1.65 bits per heavy atom. The van der Waals surface area contributed by atoms with Gasteiger partial charge in [-0.25, -0.2) is 0 Å². The van der Waals surface area contributed by atoms with Crippen molar-refractivity contribution in [2.45, 2.75) is 56.3 Å². The van der Waals surface area contributed by atoms with Gasteiger partial charge in [-0.05, 0) is 13.3 Å². The van der Waals surface area contributed by atoms with Gasteiger partial charge in [0, 0.05) is 54.9 Å². The molecule has 0 spiro atoms. The summed E-state index contributed by atoms with van der Waals surface area (Å²) in [6.45, 7) is 6.05. The Balaban J connectivity index is 1.63. The van der Waals surface area contributed by atoms with Gasteiger partial charge in [-0.3, -0.25) is 9.59 Å². The molecule has 0 unspecified atom stereocenters. The van der Waals surface area contributed by atoms with E-state index in [1.54, 1.807) is 33.3 Å². The minimum absolute atomic E-state index is 0.102. The van der Waals surface area contributed by atoms with Gasteiger partial charge in [-0.1, -0.05) is 36.4 Å². The van der Waals surface area contributed by atoms with E-state index >= 15 is 0 Å². The van der Waals surface area contributed by atoms with Gasteiger partial charge in [0.2, 0.25) is 0 Å². The van der Waals surface area contributed by atoms with Gasteiger partial charge in [0.15, 0.2) is 17.9 Å². The molecule has 1 aliphatic heterocycles. The largest absolute Gasteiger partial charge is 0.507 e. The van der Waals surface area contributed by atoms with Crippen molar-refractivity contribution in [2.24, 2.45) is 5.73 Å². The molecule has 0 bridgehead atoms. The fourth-order valence-corrected chi connectivity index (χ4v) is 5.64. The molecule has 5 rings (SSSR count). The highest BCUT2D eigenvalue weighted by Gasteiger charge is 2.46. The number of benzene rings is 2. The Hall–Kier alpha value is -3.08. The van der Waals surface area contributed by atoms with Crippen LogP contribution in [0.4, 0.5) is 0 Å². The minimum Gasteiger partial charge on any atom is -0.507 e. The molecule has 37 heavy (non-hydrogen) atoms. The molecule has 3 aliphatic rings. The van der Waals surface area contributed by atoms with Crippen LogP contribution in [0.3, 0.4) is 0 Å². The van der Waals surface area contributed by atoms with E-state index in [1.165, 1.54) is 12.1 Å². The summed E-state index contributed by atoms with van der Waals surface area (Å²) in [5.74, 6) is -1.84. The van der Waals surface area contributed by atoms with E-state index in [0.717, 1.165) is 0 Å². The molecule has 0 amide bonds. The lowest BCUT2D eigenvalue weighted by molar-refractivity contribution is -0.245. The number of carbonyl (C=O) groups excluding carboxylic acids is 2. The summed E-state index contributed by atoms with van der Waals surface area (Å²) < 4.78 is 23.2. The van der Waals surface area contributed by atoms with Gasteiger partial charge in [-0.2, -0.15) is 0 Å². The average molecular weight is 510 g/mol. The lowest BCUT2D eigenvalue weighted by Crippen LogP contribution is -2.49. The first kappa shape index (κ1) is 25.6. The molecule has 2 aliphatic carbocycles. The molecular weight excluding hydrogens is 478 g/mol. The summed E-state index contributed by atoms with van der Waals surface area (Å²) in [4.78, 5) is 26.8. The number of hydrogen-bond donors (Lipinski definition) is 3. The molecule has 2 aromatic rings. The van der Waals surface area contributed by atoms with Crippen LogP contribution < -0.4 is 5.73 Å². The minimum atomic E-state index is -1.00. The van der Waals surface area contributed by atoms with E-state index < -0.39 is 35.2 Å². The fraction of sp³-hybridized carbons (Fsp3) is 0.429. The van der Waals surface area contributed by atoms with Gasteiger partial charge in [-0.15, -0.1) is 0 Å². The zero-order chi connectivity index (χ0) is 26.6. The molecule has 9 nitrogen and oxygen atoms in total. The standard InChI is InChI=1S/C28H31NO8/c1-13(2)28(29)10-16-21(18(11-28)37-20-9-17(34-3)19(35-4)12-36-20)27(33)23-22(26(16)32)24(30)14-7-5-6-8-15(14)25(23)31/h5-8,17-20,32-33H,1,9-12,29H2,2-4H3/t17-,18-,19+,20-,28-/m0/s1. The molecule has 5 atom stereocenters. The monoisotopic (exact) mass is 509 g/mol. The first-order chi connectivity index (χ1) is 17.6. The summed E-state index contributed by atoms with van der Waals surface area (Å²) in [6.07, 6.45) is -1.46. The smallest absolute Gasteiger partial charge is 0.198 e. The maximum Gasteiger partial charge on any atom is 0.198 e. The predicted octanol–water partition coefficient (Wildman–Crippen LogP) is 2.93. The Bertz CT molecular complexity index is 1300. The van der Waals surface area contributed by atoms with Crippen molar-refractivity contribution in [1.29, 1.82) is 0 Å². The second-order valence-corrected chi connectivity index (χ2v) is 10.0. The highest BCUT2D eigenvalue weighted by molar-refractivity contribution is 6.30. The number of phenols is 2. The maximum atomic E-state index is 13.4. The van der Waals surface area contributed by atoms with Gasteiger partial charge in [0.1, 0.15) is 17.6 Å². The number of phenolic OH excluding ortho intramolecular Hbond substituents is 2. The number of ether oxygens (including phenoxy) is 4. The lowest BCUT2D eigenvalue weighted by Gasteiger charge is -2.43. The van der Waals surface area contributed by atoms with E-state index in [4.69, 9.17) is 24.7 Å². The molecular formula is C28H31NO8. The normalized spacial score (nSPS) is 28.9. The number of methoxy groups -OCH3 is 2. The van der Waals surface area contributed by atoms with E-state index in [9.17, 15) is 19.8 Å². The highest BCUT2D eigenvalue weighted by Crippen LogP contribution is 2.52. The van der Waals surface area contributed by atoms with Crippen LogP contribution in [0, 0.1) is 0 Å². The summed E-state index contributed by atoms with van der Waals surface area (Å²) >= 11 is 0. The topological polar surface area (TPSA) is 138 Å². The quantitative estimate of drug-likeness (QED) is 0.350. The van der Waals surface area contributed by atoms with E-state index in [2.05, 4.69) is 6.58 Å². The number of nitrogens with two attached hydrogens (primary N) is 1. The zero-order valence-corrected chi connectivity index (χ0v) is 21.1. The van der Waals surface area contributed by atoms with Gasteiger partial charge in [0.25, 0.3) is 0 Å². The molecule has 2 aromatic carbocycles. The third-order valence-corrected chi connectivity index (χ3v) is 7.88. The summed E-state index contributed by atoms with van der Waals surface area (Å²) in [5, 5.41) is 22.9. The number of rotatable bonds is 5. The molecule has 0 aromatic heterocycles. The maximum absolute atomic E-state index is 13.4. The number of hydrogen-bond acceptors (Lipinski definition) is 9. The van der Waals surface area contributed by atoms with Crippen LogP contribution >= 0.6 is 0 Å². The van der Waals surface area contributed by atoms with E-state index in [1.807, 2.05) is 0 Å². The van der Waals surface area contributed by atoms with Crippen LogP contribution in [0.5, 0.6) is 11.5 Å². The van der Waals surface area contributed by atoms with Crippen LogP contribution in [0.2, 0.25) is 0 Å². The molecule has 0 radical (unpaired) electrons. The van der Waals surface area contributed by atoms with Gasteiger partial charge in [0.05, 0.1) is 29.9 Å². The van der Waals surface area contributed by atoms with Crippen molar-refractivity contribution in [2.75, 3.05) is 20.8 Å². The predicted molar refractivity (Wildman–Crippen MR) is 133 cm³/mol. The van der Waals surface area contributed by atoms with Crippen molar-refractivity contribution in [3.8, 4) is 11.5 Å². The van der Waals surface area contributed by atoms with Gasteiger partial charge >= 0.3 is 0 Å². The molecule has 9 heteroatoms. The number of ketones is 2. The SMILES string of the molecule is C=C(C)[C@]1(N)Cc2c(O)c3c(c(O)c2[C@@H](O[C@H]2C[C@H](OC)[C@H](OC)CO2)C1)C(=O)c1ccccc1C3=O. The number of carbonyl (C=O) groups is 2. The van der Waals surface area contributed by atoms with Crippen molar-refractivity contribution in [3.05, 3.63) is 69.8 Å². The number of aromatic hydroxyl groups is 2. The molecule has 1 saturated heterocycles. The van der Waals surface area contributed by atoms with Crippen LogP contribution in [-0.2, 0) is 25.4 Å². The first-order valence-electron chi connectivity index (χ1n) is 12.2. The second-order valence-electron chi connectivity index (χ2n) is 10.0. The van der Waals surface area contributed by atoms with Gasteiger partial charge < -0.3 is 34.9 Å². The van der Waals surface area contributed by atoms with E-state index in [-0.39, 0.29) is 70.8 Å². The Morgan fingerprint density at radius 1 is 1.05 bits per heavy atom. The fourth-order valence-electron chi connectivity index (χ4n) is 5.64. The van der Waals surface area contributed by atoms with Crippen molar-refractivity contribution < 1.29 is 38.7 Å². The van der Waals surface area contributed by atoms with Crippen LogP contribution in [0.1, 0.15) is 68.8 Å². The lowest BCUT2D eigenvalue weighted by atomic mass is 9.70. The van der Waals surface area contributed by atoms with Crippen molar-refractivity contribution in [3.63, 3.8) is 0 Å². The average Bonchev–Trinajstić information content (AvgIpc) is 2.88. The number of fused-ring (bicyclic) bond motifs is 3. The molecule has 196 valence electrons.